The largest absolute Gasteiger partial charge is 0.494 e. The van der Waals surface area contributed by atoms with Crippen LogP contribution < -0.4 is 10.5 Å². The van der Waals surface area contributed by atoms with Gasteiger partial charge in [0, 0.05) is 48.7 Å². The number of carbonyl (C=O) groups is 1. The molecule has 5 aromatic rings. The van der Waals surface area contributed by atoms with E-state index in [9.17, 15) is 9.90 Å². The highest BCUT2D eigenvalue weighted by Crippen LogP contribution is 2.40. The lowest BCUT2D eigenvalue weighted by Gasteiger charge is -2.27. The highest BCUT2D eigenvalue weighted by Gasteiger charge is 2.47. The summed E-state index contributed by atoms with van der Waals surface area (Å²) in [5.74, 6) is 2.46. The van der Waals surface area contributed by atoms with Crippen molar-refractivity contribution in [3.8, 4) is 28.5 Å². The highest BCUT2D eigenvalue weighted by atomic mass is 16.5. The zero-order valence-electron chi connectivity index (χ0n) is 24.5. The van der Waals surface area contributed by atoms with Crippen LogP contribution in [0.1, 0.15) is 41.6 Å². The van der Waals surface area contributed by atoms with Crippen LogP contribution in [0.4, 0.5) is 0 Å². The average Bonchev–Trinajstić information content (AvgIpc) is 3.44. The van der Waals surface area contributed by atoms with Crippen LogP contribution >= 0.6 is 0 Å². The number of piperidine rings is 1. The van der Waals surface area contributed by atoms with Gasteiger partial charge in [-0.1, -0.05) is 24.3 Å². The van der Waals surface area contributed by atoms with Crippen LogP contribution in [0.2, 0.25) is 0 Å². The van der Waals surface area contributed by atoms with Gasteiger partial charge in [0.2, 0.25) is 0 Å². The number of likely N-dealkylation sites (tertiary alicyclic amines) is 1. The fourth-order valence-corrected chi connectivity index (χ4v) is 7.26. The Bertz CT molecular complexity index is 1890. The number of benzene rings is 2. The number of methoxy groups -OCH3 is 1. The van der Waals surface area contributed by atoms with E-state index in [1.54, 1.807) is 7.11 Å². The second-order valence-electron chi connectivity index (χ2n) is 12.5. The van der Waals surface area contributed by atoms with Crippen LogP contribution in [0.5, 0.6) is 5.75 Å². The summed E-state index contributed by atoms with van der Waals surface area (Å²) < 4.78 is 10.2. The molecule has 1 aliphatic heterocycles. The van der Waals surface area contributed by atoms with Crippen molar-refractivity contribution in [2.45, 2.75) is 50.9 Å². The zero-order valence-corrected chi connectivity index (χ0v) is 24.5. The van der Waals surface area contributed by atoms with Crippen molar-refractivity contribution in [2.24, 2.45) is 24.6 Å². The van der Waals surface area contributed by atoms with Gasteiger partial charge in [-0.15, -0.1) is 0 Å². The van der Waals surface area contributed by atoms with Crippen LogP contribution in [0, 0.1) is 11.8 Å². The molecule has 3 atom stereocenters. The Morgan fingerprint density at radius 1 is 1.05 bits per heavy atom. The number of nitrogens with two attached hydrogens (primary N) is 1. The number of rotatable bonds is 7. The number of aliphatic hydroxyl groups is 1. The first-order chi connectivity index (χ1) is 20.9. The number of ether oxygens (including phenoxy) is 1. The molecule has 3 unspecified atom stereocenters. The molecule has 3 N–H and O–H groups in total. The first kappa shape index (κ1) is 26.4. The van der Waals surface area contributed by atoms with E-state index >= 15 is 0 Å². The van der Waals surface area contributed by atoms with Gasteiger partial charge in [-0.3, -0.25) is 4.79 Å². The third kappa shape index (κ3) is 4.24. The second kappa shape index (κ2) is 9.92. The molecule has 43 heavy (non-hydrogen) atoms. The third-order valence-corrected chi connectivity index (χ3v) is 9.86. The number of carbonyl (C=O) groups excluding carboxylic acids is 1. The Morgan fingerprint density at radius 3 is 2.53 bits per heavy atom. The lowest BCUT2D eigenvalue weighted by atomic mass is 10.1. The van der Waals surface area contributed by atoms with Crippen LogP contribution in [-0.4, -0.2) is 60.8 Å². The van der Waals surface area contributed by atoms with Crippen LogP contribution in [0.25, 0.3) is 44.8 Å². The highest BCUT2D eigenvalue weighted by molar-refractivity contribution is 6.00. The number of hydrogen-bond acceptors (Lipinski definition) is 6. The van der Waals surface area contributed by atoms with E-state index in [0.29, 0.717) is 23.1 Å². The molecule has 9 heteroatoms. The first-order valence-corrected chi connectivity index (χ1v) is 15.3. The van der Waals surface area contributed by atoms with Crippen molar-refractivity contribution < 1.29 is 14.6 Å². The molecule has 9 nitrogen and oxygen atoms in total. The molecule has 8 rings (SSSR count). The van der Waals surface area contributed by atoms with Gasteiger partial charge in [-0.25, -0.2) is 9.97 Å². The van der Waals surface area contributed by atoms with E-state index in [4.69, 9.17) is 20.4 Å². The number of pyridine rings is 1. The molecule has 0 radical (unpaired) electrons. The third-order valence-electron chi connectivity index (χ3n) is 9.86. The molecule has 3 aromatic heterocycles. The molecular weight excluding hydrogens is 540 g/mol. The quantitative estimate of drug-likeness (QED) is 0.290. The number of aliphatic hydroxyl groups excluding tert-OH is 1. The predicted octanol–water partition coefficient (Wildman–Crippen LogP) is 4.73. The van der Waals surface area contributed by atoms with Crippen LogP contribution in [-0.2, 0) is 20.2 Å². The summed E-state index contributed by atoms with van der Waals surface area (Å²) in [6.45, 7) is 1.62. The Morgan fingerprint density at radius 2 is 1.86 bits per heavy atom. The standard InChI is InChI=1S/C34H36N6O3/c1-38-31-26(13-24(15-29(31)43-2)34(42)40-17-23-10-12-27(40)30(23)35)37-33(38)28-14-22-9-11-25(21-7-5-20(18-41)6-8-21)36-32(22)39(28)16-19-3-4-19/h5-9,11,13-15,19,23,27,30,41H,3-4,10,12,16-18,35H2,1-2H3. The van der Waals surface area contributed by atoms with Gasteiger partial charge < -0.3 is 29.6 Å². The topological polar surface area (TPSA) is 111 Å². The zero-order chi connectivity index (χ0) is 29.4. The van der Waals surface area contributed by atoms with Gasteiger partial charge in [0.1, 0.15) is 16.9 Å². The molecule has 4 heterocycles. The normalized spacial score (nSPS) is 21.4. The molecule has 220 valence electrons. The minimum absolute atomic E-state index is 0.00153. The molecule has 3 fully saturated rings. The summed E-state index contributed by atoms with van der Waals surface area (Å²) in [5.41, 5.74) is 13.3. The number of aromatic nitrogens is 4. The lowest BCUT2D eigenvalue weighted by molar-refractivity contribution is 0.0700. The van der Waals surface area contributed by atoms with Crippen molar-refractivity contribution in [1.29, 1.82) is 0 Å². The van der Waals surface area contributed by atoms with Crippen molar-refractivity contribution in [3.05, 3.63) is 65.7 Å². The monoisotopic (exact) mass is 576 g/mol. The Hall–Kier alpha value is -4.21. The molecular formula is C34H36N6O3. The van der Waals surface area contributed by atoms with E-state index in [1.165, 1.54) is 12.8 Å². The van der Waals surface area contributed by atoms with Crippen molar-refractivity contribution in [1.82, 2.24) is 24.0 Å². The summed E-state index contributed by atoms with van der Waals surface area (Å²) >= 11 is 0. The van der Waals surface area contributed by atoms with Crippen LogP contribution in [0.3, 0.4) is 0 Å². The van der Waals surface area contributed by atoms with Gasteiger partial charge in [-0.05, 0) is 73.4 Å². The van der Waals surface area contributed by atoms with Gasteiger partial charge in [-0.2, -0.15) is 0 Å². The summed E-state index contributed by atoms with van der Waals surface area (Å²) in [7, 11) is 3.65. The SMILES string of the molecule is COc1cc(C(=O)N2CC3CCC2C3N)cc2nc(-c3cc4ccc(-c5ccc(CO)cc5)nc4n3CC3CC3)n(C)c12. The maximum Gasteiger partial charge on any atom is 0.254 e. The van der Waals surface area contributed by atoms with E-state index in [2.05, 4.69) is 21.3 Å². The summed E-state index contributed by atoms with van der Waals surface area (Å²) in [6.07, 6.45) is 4.50. The molecule has 2 bridgehead atoms. The predicted molar refractivity (Wildman–Crippen MR) is 166 cm³/mol. The fourth-order valence-electron chi connectivity index (χ4n) is 7.26. The van der Waals surface area contributed by atoms with Crippen molar-refractivity contribution >= 4 is 28.0 Å². The molecule has 1 saturated heterocycles. The van der Waals surface area contributed by atoms with Crippen molar-refractivity contribution in [3.63, 3.8) is 0 Å². The van der Waals surface area contributed by atoms with Gasteiger partial charge >= 0.3 is 0 Å². The number of aryl methyl sites for hydroxylation is 1. The smallest absolute Gasteiger partial charge is 0.254 e. The number of hydrogen-bond donors (Lipinski definition) is 2. The Labute approximate surface area is 249 Å². The molecule has 2 saturated carbocycles. The lowest BCUT2D eigenvalue weighted by Crippen LogP contribution is -2.41. The molecule has 1 amide bonds. The summed E-state index contributed by atoms with van der Waals surface area (Å²) in [5, 5.41) is 10.5. The van der Waals surface area contributed by atoms with E-state index < -0.39 is 0 Å². The molecule has 3 aliphatic rings. The first-order valence-electron chi connectivity index (χ1n) is 15.3. The number of amides is 1. The minimum Gasteiger partial charge on any atom is -0.494 e. The molecule has 0 spiro atoms. The number of imidazole rings is 1. The Kier molecular flexibility index (Phi) is 6.10. The molecule has 2 aromatic carbocycles. The summed E-state index contributed by atoms with van der Waals surface area (Å²) in [6, 6.07) is 18.2. The Balaban J connectivity index is 1.23. The minimum atomic E-state index is 0.00153. The van der Waals surface area contributed by atoms with Crippen LogP contribution in [0.15, 0.2) is 54.6 Å². The second-order valence-corrected chi connectivity index (χ2v) is 12.5. The number of fused-ring (bicyclic) bond motifs is 4. The summed E-state index contributed by atoms with van der Waals surface area (Å²) in [4.78, 5) is 25.9. The maximum absolute atomic E-state index is 13.7. The van der Waals surface area contributed by atoms with E-state index in [-0.39, 0.29) is 24.6 Å². The van der Waals surface area contributed by atoms with E-state index in [0.717, 1.165) is 76.3 Å². The van der Waals surface area contributed by atoms with Gasteiger partial charge in [0.15, 0.2) is 5.82 Å². The van der Waals surface area contributed by atoms with Gasteiger partial charge in [0.05, 0.1) is 30.6 Å². The maximum atomic E-state index is 13.7. The molecule has 2 aliphatic carbocycles. The van der Waals surface area contributed by atoms with Crippen molar-refractivity contribution in [2.75, 3.05) is 13.7 Å². The van der Waals surface area contributed by atoms with E-state index in [1.807, 2.05) is 54.4 Å². The number of nitrogens with zero attached hydrogens (tertiary/aromatic N) is 5. The average molecular weight is 577 g/mol. The fraction of sp³-hybridized carbons (Fsp3) is 0.382. The van der Waals surface area contributed by atoms with Gasteiger partial charge in [0.25, 0.3) is 5.91 Å².